The van der Waals surface area contributed by atoms with Gasteiger partial charge in [-0.05, 0) is 68.9 Å². The van der Waals surface area contributed by atoms with Crippen LogP contribution in [0.4, 0.5) is 11.6 Å². The molecule has 6 rings (SSSR count). The van der Waals surface area contributed by atoms with Crippen molar-refractivity contribution in [2.45, 2.75) is 56.9 Å². The van der Waals surface area contributed by atoms with Gasteiger partial charge in [0.05, 0.1) is 0 Å². The second kappa shape index (κ2) is 8.40. The maximum absolute atomic E-state index is 12.8. The summed E-state index contributed by atoms with van der Waals surface area (Å²) in [6.45, 7) is 3.54. The molecule has 9 heteroatoms. The van der Waals surface area contributed by atoms with Crippen LogP contribution in [-0.2, 0) is 10.2 Å². The Morgan fingerprint density at radius 3 is 2.49 bits per heavy atom. The lowest BCUT2D eigenvalue weighted by Gasteiger charge is -2.27. The highest BCUT2D eigenvalue weighted by molar-refractivity contribution is 6.04. The van der Waals surface area contributed by atoms with E-state index < -0.39 is 0 Å². The molecule has 2 fully saturated rings. The zero-order chi connectivity index (χ0) is 25.8. The molecule has 188 valence electrons. The number of hydrogen-bond acceptors (Lipinski definition) is 6. The number of nitrogens with zero attached hydrogens (tertiary/aromatic N) is 4. The Morgan fingerprint density at radius 2 is 1.78 bits per heavy atom. The van der Waals surface area contributed by atoms with E-state index in [-0.39, 0.29) is 22.8 Å². The third kappa shape index (κ3) is 3.91. The number of aromatic nitrogens is 4. The van der Waals surface area contributed by atoms with E-state index in [0.717, 1.165) is 60.3 Å². The molecule has 0 radical (unpaired) electrons. The van der Waals surface area contributed by atoms with Crippen molar-refractivity contribution in [3.05, 3.63) is 71.9 Å². The summed E-state index contributed by atoms with van der Waals surface area (Å²) in [5, 5.41) is 6.06. The van der Waals surface area contributed by atoms with Gasteiger partial charge in [0.15, 0.2) is 0 Å². The van der Waals surface area contributed by atoms with Crippen molar-refractivity contribution in [2.24, 2.45) is 0 Å². The number of carbonyl (C=O) groups is 2. The molecule has 2 amide bonds. The highest BCUT2D eigenvalue weighted by Crippen LogP contribution is 2.57. The molecule has 2 saturated carbocycles. The first-order valence-electron chi connectivity index (χ1n) is 12.5. The lowest BCUT2D eigenvalue weighted by Crippen LogP contribution is -2.43. The molecule has 2 aliphatic carbocycles. The van der Waals surface area contributed by atoms with Gasteiger partial charge >= 0.3 is 0 Å². The summed E-state index contributed by atoms with van der Waals surface area (Å²) in [5.41, 5.74) is 9.99. The number of rotatable bonds is 5. The van der Waals surface area contributed by atoms with Gasteiger partial charge in [-0.25, -0.2) is 15.0 Å². The van der Waals surface area contributed by atoms with Crippen molar-refractivity contribution in [1.82, 2.24) is 24.7 Å². The third-order valence-corrected chi connectivity index (χ3v) is 7.92. The second-order valence-corrected chi connectivity index (χ2v) is 10.5. The first kappa shape index (κ1) is 23.1. The Morgan fingerprint density at radius 1 is 1.03 bits per heavy atom. The van der Waals surface area contributed by atoms with Crippen LogP contribution in [0.25, 0.3) is 16.8 Å². The van der Waals surface area contributed by atoms with Crippen molar-refractivity contribution < 1.29 is 9.59 Å². The number of pyridine rings is 1. The Balaban J connectivity index is 1.34. The molecule has 0 unspecified atom stereocenters. The Bertz CT molecular complexity index is 1530. The van der Waals surface area contributed by atoms with Gasteiger partial charge in [0.25, 0.3) is 5.91 Å². The first-order valence-corrected chi connectivity index (χ1v) is 12.5. The number of imidazole rings is 1. The van der Waals surface area contributed by atoms with E-state index in [1.807, 2.05) is 37.4 Å². The summed E-state index contributed by atoms with van der Waals surface area (Å²) in [5.74, 6) is 1.67. The monoisotopic (exact) mass is 495 g/mol. The maximum atomic E-state index is 12.8. The number of nitrogens with one attached hydrogen (secondary N) is 2. The van der Waals surface area contributed by atoms with Crippen LogP contribution in [-0.4, -0.2) is 36.7 Å². The molecule has 37 heavy (non-hydrogen) atoms. The van der Waals surface area contributed by atoms with Gasteiger partial charge in [-0.1, -0.05) is 12.1 Å². The van der Waals surface area contributed by atoms with Gasteiger partial charge in [-0.3, -0.25) is 14.0 Å². The topological polar surface area (TPSA) is 127 Å². The number of aryl methyl sites for hydroxylation is 1. The van der Waals surface area contributed by atoms with Crippen LogP contribution in [0, 0.1) is 6.92 Å². The smallest absolute Gasteiger partial charge is 0.256 e. The summed E-state index contributed by atoms with van der Waals surface area (Å²) in [7, 11) is 0. The van der Waals surface area contributed by atoms with E-state index in [0.29, 0.717) is 17.2 Å². The summed E-state index contributed by atoms with van der Waals surface area (Å²) >= 11 is 0. The average molecular weight is 496 g/mol. The quantitative estimate of drug-likeness (QED) is 0.384. The predicted molar refractivity (Wildman–Crippen MR) is 141 cm³/mol. The van der Waals surface area contributed by atoms with Crippen molar-refractivity contribution in [2.75, 3.05) is 11.1 Å². The highest BCUT2D eigenvalue weighted by atomic mass is 16.2. The summed E-state index contributed by atoms with van der Waals surface area (Å²) in [6, 6.07) is 11.0. The van der Waals surface area contributed by atoms with Crippen molar-refractivity contribution >= 4 is 29.0 Å². The Hall–Kier alpha value is -4.27. The number of amides is 2. The SMILES string of the molecule is CC(=O)NC12CCC(c3nc(-c4ccc(C(=O)Nc5cc(C)ccn5)cc4)c4c(N)nccn34)(CC1)C2. The standard InChI is InChI=1S/C28H29N7O2/c1-17-7-12-30-21(15-17)32-25(37)20-5-3-19(4-6-20)22-23-24(29)31-13-14-35(23)26(33-22)27-8-10-28(16-27,11-9-27)34-18(2)36/h3-7,12-15H,8-11,16H2,1-2H3,(H2,29,31)(H,34,36)(H,30,32,37). The molecular weight excluding hydrogens is 466 g/mol. The van der Waals surface area contributed by atoms with E-state index >= 15 is 0 Å². The van der Waals surface area contributed by atoms with Gasteiger partial charge in [0, 0.05) is 47.6 Å². The van der Waals surface area contributed by atoms with Crippen LogP contribution in [0.3, 0.4) is 0 Å². The zero-order valence-corrected chi connectivity index (χ0v) is 20.9. The predicted octanol–water partition coefficient (Wildman–Crippen LogP) is 4.02. The van der Waals surface area contributed by atoms with Crippen molar-refractivity contribution in [3.63, 3.8) is 0 Å². The fourth-order valence-corrected chi connectivity index (χ4v) is 6.27. The molecule has 0 saturated heterocycles. The first-order chi connectivity index (χ1) is 17.8. The number of benzene rings is 1. The van der Waals surface area contributed by atoms with E-state index in [2.05, 4.69) is 25.0 Å². The normalized spacial score (nSPS) is 22.3. The van der Waals surface area contributed by atoms with E-state index in [1.165, 1.54) is 0 Å². The lowest BCUT2D eigenvalue weighted by atomic mass is 9.83. The summed E-state index contributed by atoms with van der Waals surface area (Å²) in [6.07, 6.45) is 9.95. The molecule has 0 spiro atoms. The van der Waals surface area contributed by atoms with Gasteiger partial charge in [0.1, 0.15) is 28.7 Å². The van der Waals surface area contributed by atoms with Gasteiger partial charge in [-0.2, -0.15) is 0 Å². The molecule has 2 bridgehead atoms. The summed E-state index contributed by atoms with van der Waals surface area (Å²) in [4.78, 5) is 38.3. The minimum Gasteiger partial charge on any atom is -0.382 e. The maximum Gasteiger partial charge on any atom is 0.256 e. The van der Waals surface area contributed by atoms with Crippen molar-refractivity contribution in [3.8, 4) is 11.3 Å². The average Bonchev–Trinajstić information content (AvgIpc) is 3.55. The minimum atomic E-state index is -0.230. The minimum absolute atomic E-state index is 0.0158. The van der Waals surface area contributed by atoms with Crippen LogP contribution in [0.2, 0.25) is 0 Å². The molecule has 4 N–H and O–H groups in total. The number of carbonyl (C=O) groups excluding carboxylic acids is 2. The Kier molecular flexibility index (Phi) is 5.25. The molecule has 3 heterocycles. The molecule has 4 aromatic rings. The second-order valence-electron chi connectivity index (χ2n) is 10.5. The van der Waals surface area contributed by atoms with Crippen LogP contribution >= 0.6 is 0 Å². The highest BCUT2D eigenvalue weighted by Gasteiger charge is 2.57. The van der Waals surface area contributed by atoms with Crippen LogP contribution in [0.5, 0.6) is 0 Å². The lowest BCUT2D eigenvalue weighted by molar-refractivity contribution is -0.120. The third-order valence-electron chi connectivity index (χ3n) is 7.92. The van der Waals surface area contributed by atoms with Crippen LogP contribution in [0.15, 0.2) is 55.0 Å². The molecule has 0 atom stereocenters. The van der Waals surface area contributed by atoms with E-state index in [9.17, 15) is 9.59 Å². The van der Waals surface area contributed by atoms with Gasteiger partial charge in [-0.15, -0.1) is 0 Å². The van der Waals surface area contributed by atoms with Crippen LogP contribution in [0.1, 0.15) is 60.8 Å². The number of nitrogens with two attached hydrogens (primary N) is 1. The number of hydrogen-bond donors (Lipinski definition) is 3. The van der Waals surface area contributed by atoms with Gasteiger partial charge < -0.3 is 16.4 Å². The van der Waals surface area contributed by atoms with Gasteiger partial charge in [0.2, 0.25) is 5.91 Å². The van der Waals surface area contributed by atoms with Crippen LogP contribution < -0.4 is 16.4 Å². The molecular formula is C28H29N7O2. The summed E-state index contributed by atoms with van der Waals surface area (Å²) < 4.78 is 2.07. The molecule has 0 aliphatic heterocycles. The number of fused-ring (bicyclic) bond motifs is 3. The zero-order valence-electron chi connectivity index (χ0n) is 20.9. The number of nitrogen functional groups attached to an aromatic ring is 1. The largest absolute Gasteiger partial charge is 0.382 e. The molecule has 2 aliphatic rings. The number of anilines is 2. The molecule has 9 nitrogen and oxygen atoms in total. The molecule has 1 aromatic carbocycles. The Labute approximate surface area is 214 Å². The van der Waals surface area contributed by atoms with E-state index in [1.54, 1.807) is 31.5 Å². The fourth-order valence-electron chi connectivity index (χ4n) is 6.27. The fraction of sp³-hybridized carbons (Fsp3) is 0.321. The van der Waals surface area contributed by atoms with E-state index in [4.69, 9.17) is 10.7 Å². The molecule has 3 aromatic heterocycles. The van der Waals surface area contributed by atoms with Crippen molar-refractivity contribution in [1.29, 1.82) is 0 Å².